The SMILES string of the molecule is Cc1cc(C)n2cc(CNc3nc(N)nc4c3CCNCC4)nc2c1. The predicted octanol–water partition coefficient (Wildman–Crippen LogP) is 1.62. The van der Waals surface area contributed by atoms with E-state index in [9.17, 15) is 0 Å². The maximum Gasteiger partial charge on any atom is 0.222 e. The number of nitrogens with two attached hydrogens (primary N) is 1. The Morgan fingerprint density at radius 3 is 2.88 bits per heavy atom. The summed E-state index contributed by atoms with van der Waals surface area (Å²) in [6, 6.07) is 4.25. The molecule has 1 aliphatic heterocycles. The highest BCUT2D eigenvalue weighted by atomic mass is 15.1. The summed E-state index contributed by atoms with van der Waals surface area (Å²) in [4.78, 5) is 13.6. The third-order valence-corrected chi connectivity index (χ3v) is 4.59. The minimum Gasteiger partial charge on any atom is -0.368 e. The lowest BCUT2D eigenvalue weighted by atomic mass is 10.1. The molecule has 4 heterocycles. The van der Waals surface area contributed by atoms with Crippen molar-refractivity contribution < 1.29 is 0 Å². The zero-order valence-electron chi connectivity index (χ0n) is 14.6. The predicted molar refractivity (Wildman–Crippen MR) is 98.7 cm³/mol. The van der Waals surface area contributed by atoms with E-state index in [4.69, 9.17) is 10.7 Å². The highest BCUT2D eigenvalue weighted by Crippen LogP contribution is 2.21. The van der Waals surface area contributed by atoms with Crippen LogP contribution in [0, 0.1) is 13.8 Å². The number of hydrogen-bond donors (Lipinski definition) is 3. The molecule has 1 aliphatic rings. The summed E-state index contributed by atoms with van der Waals surface area (Å²) in [5, 5.41) is 6.81. The Balaban J connectivity index is 1.61. The van der Waals surface area contributed by atoms with Crippen molar-refractivity contribution in [1.82, 2.24) is 24.7 Å². The van der Waals surface area contributed by atoms with Crippen LogP contribution in [-0.4, -0.2) is 32.4 Å². The highest BCUT2D eigenvalue weighted by molar-refractivity contribution is 5.51. The number of nitrogen functional groups attached to an aromatic ring is 1. The Bertz CT molecular complexity index is 929. The van der Waals surface area contributed by atoms with E-state index >= 15 is 0 Å². The van der Waals surface area contributed by atoms with Crippen molar-refractivity contribution in [2.24, 2.45) is 0 Å². The van der Waals surface area contributed by atoms with E-state index < -0.39 is 0 Å². The first kappa shape index (κ1) is 15.8. The molecule has 0 fully saturated rings. The third kappa shape index (κ3) is 3.15. The molecule has 0 bridgehead atoms. The number of imidazole rings is 1. The Kier molecular flexibility index (Phi) is 4.01. The van der Waals surface area contributed by atoms with E-state index in [1.165, 1.54) is 11.3 Å². The average molecular weight is 337 g/mol. The monoisotopic (exact) mass is 337 g/mol. The summed E-state index contributed by atoms with van der Waals surface area (Å²) in [5.74, 6) is 1.15. The lowest BCUT2D eigenvalue weighted by Crippen LogP contribution is -2.16. The topological polar surface area (TPSA) is 93.2 Å². The lowest BCUT2D eigenvalue weighted by Gasteiger charge is -2.12. The zero-order chi connectivity index (χ0) is 17.4. The number of hydrogen-bond acceptors (Lipinski definition) is 6. The zero-order valence-corrected chi connectivity index (χ0v) is 14.6. The molecule has 25 heavy (non-hydrogen) atoms. The average Bonchev–Trinajstić information content (AvgIpc) is 2.82. The van der Waals surface area contributed by atoms with Crippen LogP contribution in [0.1, 0.15) is 28.2 Å². The number of fused-ring (bicyclic) bond motifs is 2. The van der Waals surface area contributed by atoms with E-state index in [1.807, 2.05) is 0 Å². The van der Waals surface area contributed by atoms with Gasteiger partial charge in [0.2, 0.25) is 5.95 Å². The quantitative estimate of drug-likeness (QED) is 0.672. The Labute approximate surface area is 146 Å². The van der Waals surface area contributed by atoms with Gasteiger partial charge in [0.25, 0.3) is 0 Å². The lowest BCUT2D eigenvalue weighted by molar-refractivity contribution is 0.708. The molecule has 130 valence electrons. The Morgan fingerprint density at radius 2 is 2.00 bits per heavy atom. The number of nitrogens with one attached hydrogen (secondary N) is 2. The van der Waals surface area contributed by atoms with E-state index in [0.29, 0.717) is 12.5 Å². The number of aromatic nitrogens is 4. The maximum absolute atomic E-state index is 5.90. The fourth-order valence-electron chi connectivity index (χ4n) is 3.44. The fourth-order valence-corrected chi connectivity index (χ4v) is 3.44. The fraction of sp³-hybridized carbons (Fsp3) is 0.389. The molecule has 0 radical (unpaired) electrons. The van der Waals surface area contributed by atoms with Crippen LogP contribution in [0.5, 0.6) is 0 Å². The van der Waals surface area contributed by atoms with Gasteiger partial charge < -0.3 is 20.8 Å². The van der Waals surface area contributed by atoms with Gasteiger partial charge in [0.1, 0.15) is 11.5 Å². The minimum atomic E-state index is 0.324. The second-order valence-electron chi connectivity index (χ2n) is 6.59. The van der Waals surface area contributed by atoms with Crippen LogP contribution in [-0.2, 0) is 19.4 Å². The largest absolute Gasteiger partial charge is 0.368 e. The highest BCUT2D eigenvalue weighted by Gasteiger charge is 2.16. The van der Waals surface area contributed by atoms with Crippen molar-refractivity contribution in [1.29, 1.82) is 0 Å². The normalized spacial score (nSPS) is 14.3. The summed E-state index contributed by atoms with van der Waals surface area (Å²) in [5.41, 5.74) is 12.5. The van der Waals surface area contributed by atoms with Gasteiger partial charge in [-0.3, -0.25) is 0 Å². The number of pyridine rings is 1. The molecule has 4 rings (SSSR count). The number of aryl methyl sites for hydroxylation is 2. The molecule has 7 heteroatoms. The summed E-state index contributed by atoms with van der Waals surface area (Å²) in [6.45, 7) is 6.65. The first-order valence-electron chi connectivity index (χ1n) is 8.65. The van der Waals surface area contributed by atoms with E-state index in [0.717, 1.165) is 54.3 Å². The van der Waals surface area contributed by atoms with Gasteiger partial charge >= 0.3 is 0 Å². The summed E-state index contributed by atoms with van der Waals surface area (Å²) in [6.07, 6.45) is 3.85. The van der Waals surface area contributed by atoms with Gasteiger partial charge in [-0.2, -0.15) is 4.98 Å². The Hall–Kier alpha value is -2.67. The van der Waals surface area contributed by atoms with Gasteiger partial charge in [0.15, 0.2) is 0 Å². The number of anilines is 2. The summed E-state index contributed by atoms with van der Waals surface area (Å²) >= 11 is 0. The van der Waals surface area contributed by atoms with Crippen molar-refractivity contribution >= 4 is 17.4 Å². The van der Waals surface area contributed by atoms with Gasteiger partial charge in [0, 0.05) is 30.4 Å². The molecular formula is C18H23N7. The van der Waals surface area contributed by atoms with Crippen LogP contribution in [0.4, 0.5) is 11.8 Å². The van der Waals surface area contributed by atoms with Crippen molar-refractivity contribution in [2.45, 2.75) is 33.2 Å². The molecule has 4 N–H and O–H groups in total. The van der Waals surface area contributed by atoms with Crippen LogP contribution >= 0.6 is 0 Å². The number of rotatable bonds is 3. The van der Waals surface area contributed by atoms with Crippen LogP contribution in [0.3, 0.4) is 0 Å². The van der Waals surface area contributed by atoms with E-state index in [1.54, 1.807) is 0 Å². The summed E-state index contributed by atoms with van der Waals surface area (Å²) < 4.78 is 2.11. The molecule has 3 aromatic heterocycles. The molecule has 0 aliphatic carbocycles. The second kappa shape index (κ2) is 6.33. The van der Waals surface area contributed by atoms with E-state index in [-0.39, 0.29) is 0 Å². The standard InChI is InChI=1S/C18H23N7/c1-11-7-12(2)25-10-13(22-16(25)8-11)9-21-17-14-3-5-20-6-4-15(14)23-18(19)24-17/h7-8,10,20H,3-6,9H2,1-2H3,(H3,19,21,23,24). The Morgan fingerprint density at radius 1 is 1.16 bits per heavy atom. The van der Waals surface area contributed by atoms with E-state index in [2.05, 4.69) is 57.2 Å². The number of nitrogens with zero attached hydrogens (tertiary/aromatic N) is 4. The van der Waals surface area contributed by atoms with Crippen molar-refractivity contribution in [3.8, 4) is 0 Å². The van der Waals surface area contributed by atoms with Gasteiger partial charge in [0.05, 0.1) is 17.9 Å². The van der Waals surface area contributed by atoms with Crippen LogP contribution < -0.4 is 16.4 Å². The molecule has 0 saturated carbocycles. The third-order valence-electron chi connectivity index (χ3n) is 4.59. The first-order valence-corrected chi connectivity index (χ1v) is 8.65. The van der Waals surface area contributed by atoms with Crippen LogP contribution in [0.25, 0.3) is 5.65 Å². The van der Waals surface area contributed by atoms with Crippen molar-refractivity contribution in [3.63, 3.8) is 0 Å². The van der Waals surface area contributed by atoms with Gasteiger partial charge in [-0.1, -0.05) is 0 Å². The molecule has 7 nitrogen and oxygen atoms in total. The summed E-state index contributed by atoms with van der Waals surface area (Å²) in [7, 11) is 0. The molecule has 0 saturated heterocycles. The molecule has 0 aromatic carbocycles. The molecular weight excluding hydrogens is 314 g/mol. The molecule has 0 unspecified atom stereocenters. The molecule has 0 spiro atoms. The maximum atomic E-state index is 5.90. The van der Waals surface area contributed by atoms with Crippen LogP contribution in [0.2, 0.25) is 0 Å². The van der Waals surface area contributed by atoms with Gasteiger partial charge in [-0.15, -0.1) is 0 Å². The second-order valence-corrected chi connectivity index (χ2v) is 6.59. The van der Waals surface area contributed by atoms with Gasteiger partial charge in [-0.25, -0.2) is 9.97 Å². The molecule has 0 atom stereocenters. The van der Waals surface area contributed by atoms with Gasteiger partial charge in [-0.05, 0) is 44.5 Å². The van der Waals surface area contributed by atoms with Crippen molar-refractivity contribution in [3.05, 3.63) is 46.5 Å². The minimum absolute atomic E-state index is 0.324. The smallest absolute Gasteiger partial charge is 0.222 e. The van der Waals surface area contributed by atoms with Crippen molar-refractivity contribution in [2.75, 3.05) is 24.1 Å². The van der Waals surface area contributed by atoms with Crippen LogP contribution in [0.15, 0.2) is 18.3 Å². The first-order chi connectivity index (χ1) is 12.1. The molecule has 3 aromatic rings. The molecule has 0 amide bonds.